The maximum atomic E-state index is 12.7. The normalized spacial score (nSPS) is 28.4. The van der Waals surface area contributed by atoms with E-state index in [9.17, 15) is 9.59 Å². The van der Waals surface area contributed by atoms with Crippen LogP contribution in [0, 0.1) is 19.8 Å². The Balaban J connectivity index is 1.23. The van der Waals surface area contributed by atoms with Crippen LogP contribution in [-0.4, -0.2) is 47.9 Å². The van der Waals surface area contributed by atoms with Crippen LogP contribution in [0.1, 0.15) is 66.8 Å². The van der Waals surface area contributed by atoms with Gasteiger partial charge in [-0.2, -0.15) is 0 Å². The van der Waals surface area contributed by atoms with Crippen molar-refractivity contribution in [3.63, 3.8) is 0 Å². The molecule has 2 unspecified atom stereocenters. The molecule has 6 heteroatoms. The molecule has 2 atom stereocenters. The Morgan fingerprint density at radius 2 is 1.81 bits per heavy atom. The van der Waals surface area contributed by atoms with Crippen molar-refractivity contribution in [1.82, 2.24) is 15.5 Å². The first-order valence-electron chi connectivity index (χ1n) is 10.4. The predicted octanol–water partition coefficient (Wildman–Crippen LogP) is 2.54. The van der Waals surface area contributed by atoms with E-state index >= 15 is 0 Å². The fraction of sp³-hybridized carbons (Fsp3) is 0.714. The van der Waals surface area contributed by atoms with Gasteiger partial charge in [-0.15, -0.1) is 0 Å². The van der Waals surface area contributed by atoms with Gasteiger partial charge in [-0.25, -0.2) is 0 Å². The monoisotopic (exact) mass is 373 g/mol. The summed E-state index contributed by atoms with van der Waals surface area (Å²) < 4.78 is 5.45. The standard InChI is InChI=1S/C21H31N3O3/c1-13-9-19(14(2)27-13)21(26)23-16-5-7-24(8-6-16)20(25)12-15-10-17-3-4-18(11-15)22-17/h9,15-18,22H,3-8,10-12H2,1-2H3,(H,23,26). The minimum atomic E-state index is -0.0701. The molecule has 0 aromatic carbocycles. The Kier molecular flexibility index (Phi) is 5.26. The van der Waals surface area contributed by atoms with Gasteiger partial charge in [-0.1, -0.05) is 0 Å². The first-order chi connectivity index (χ1) is 13.0. The average molecular weight is 373 g/mol. The average Bonchev–Trinajstić information content (AvgIpc) is 3.16. The summed E-state index contributed by atoms with van der Waals surface area (Å²) in [6.07, 6.45) is 7.19. The molecule has 0 saturated carbocycles. The van der Waals surface area contributed by atoms with E-state index in [1.807, 2.05) is 18.7 Å². The summed E-state index contributed by atoms with van der Waals surface area (Å²) in [5, 5.41) is 6.75. The van der Waals surface area contributed by atoms with Crippen LogP contribution in [0.4, 0.5) is 0 Å². The fourth-order valence-electron chi connectivity index (χ4n) is 5.11. The van der Waals surface area contributed by atoms with Crippen molar-refractivity contribution in [2.24, 2.45) is 5.92 Å². The van der Waals surface area contributed by atoms with E-state index in [1.54, 1.807) is 6.07 Å². The molecule has 4 rings (SSSR count). The van der Waals surface area contributed by atoms with E-state index in [4.69, 9.17) is 4.42 Å². The van der Waals surface area contributed by atoms with Crippen molar-refractivity contribution in [2.75, 3.05) is 13.1 Å². The lowest BCUT2D eigenvalue weighted by Crippen LogP contribution is -2.47. The second kappa shape index (κ2) is 7.66. The zero-order chi connectivity index (χ0) is 19.0. The molecule has 148 valence electrons. The van der Waals surface area contributed by atoms with Gasteiger partial charge in [0.25, 0.3) is 5.91 Å². The number of furan rings is 1. The maximum Gasteiger partial charge on any atom is 0.255 e. The molecule has 0 radical (unpaired) electrons. The number of fused-ring (bicyclic) bond motifs is 2. The molecule has 6 nitrogen and oxygen atoms in total. The van der Waals surface area contributed by atoms with E-state index in [1.165, 1.54) is 12.8 Å². The van der Waals surface area contributed by atoms with Crippen LogP contribution < -0.4 is 10.6 Å². The number of piperidine rings is 2. The molecule has 2 amide bonds. The van der Waals surface area contributed by atoms with Gasteiger partial charge in [0, 0.05) is 37.6 Å². The van der Waals surface area contributed by atoms with Gasteiger partial charge in [0.05, 0.1) is 5.56 Å². The predicted molar refractivity (Wildman–Crippen MR) is 103 cm³/mol. The van der Waals surface area contributed by atoms with E-state index in [0.29, 0.717) is 41.7 Å². The zero-order valence-electron chi connectivity index (χ0n) is 16.4. The summed E-state index contributed by atoms with van der Waals surface area (Å²) >= 11 is 0. The highest BCUT2D eigenvalue weighted by molar-refractivity contribution is 5.95. The maximum absolute atomic E-state index is 12.7. The molecule has 0 aliphatic carbocycles. The van der Waals surface area contributed by atoms with Crippen LogP contribution in [0.5, 0.6) is 0 Å². The van der Waals surface area contributed by atoms with Crippen LogP contribution in [0.15, 0.2) is 10.5 Å². The Hall–Kier alpha value is -1.82. The summed E-state index contributed by atoms with van der Waals surface area (Å²) in [7, 11) is 0. The lowest BCUT2D eigenvalue weighted by molar-refractivity contribution is -0.133. The Bertz CT molecular complexity index is 694. The third-order valence-corrected chi connectivity index (χ3v) is 6.50. The van der Waals surface area contributed by atoms with E-state index in [2.05, 4.69) is 10.6 Å². The minimum Gasteiger partial charge on any atom is -0.466 e. The highest BCUT2D eigenvalue weighted by atomic mass is 16.3. The van der Waals surface area contributed by atoms with E-state index in [0.717, 1.165) is 44.5 Å². The number of carbonyl (C=O) groups is 2. The largest absolute Gasteiger partial charge is 0.466 e. The third kappa shape index (κ3) is 4.21. The number of amides is 2. The number of carbonyl (C=O) groups excluding carboxylic acids is 2. The van der Waals surface area contributed by atoms with Crippen molar-refractivity contribution < 1.29 is 14.0 Å². The van der Waals surface area contributed by atoms with Crippen molar-refractivity contribution in [2.45, 2.75) is 76.9 Å². The lowest BCUT2D eigenvalue weighted by Gasteiger charge is -2.34. The van der Waals surface area contributed by atoms with Gasteiger partial charge in [-0.3, -0.25) is 9.59 Å². The molecule has 2 N–H and O–H groups in total. The Morgan fingerprint density at radius 1 is 1.15 bits per heavy atom. The fourth-order valence-corrected chi connectivity index (χ4v) is 5.11. The number of rotatable bonds is 4. The number of nitrogens with zero attached hydrogens (tertiary/aromatic N) is 1. The molecule has 27 heavy (non-hydrogen) atoms. The summed E-state index contributed by atoms with van der Waals surface area (Å²) in [4.78, 5) is 27.1. The van der Waals surface area contributed by atoms with E-state index in [-0.39, 0.29) is 11.9 Å². The minimum absolute atomic E-state index is 0.0701. The third-order valence-electron chi connectivity index (χ3n) is 6.50. The second-order valence-electron chi connectivity index (χ2n) is 8.63. The van der Waals surface area contributed by atoms with Crippen LogP contribution in [-0.2, 0) is 4.79 Å². The SMILES string of the molecule is Cc1cc(C(=O)NC2CCN(C(=O)CC3CC4CCC(C3)N4)CC2)c(C)o1. The summed E-state index contributed by atoms with van der Waals surface area (Å²) in [6, 6.07) is 3.19. The number of hydrogen-bond acceptors (Lipinski definition) is 4. The number of likely N-dealkylation sites (tertiary alicyclic amines) is 1. The molecule has 2 bridgehead atoms. The summed E-state index contributed by atoms with van der Waals surface area (Å²) in [5.41, 5.74) is 0.617. The second-order valence-corrected chi connectivity index (χ2v) is 8.63. The van der Waals surface area contributed by atoms with Gasteiger partial charge in [0.15, 0.2) is 0 Å². The molecule has 3 aliphatic rings. The zero-order valence-corrected chi connectivity index (χ0v) is 16.4. The molecule has 1 aromatic rings. The first kappa shape index (κ1) is 18.5. The first-order valence-corrected chi connectivity index (χ1v) is 10.4. The van der Waals surface area contributed by atoms with Crippen molar-refractivity contribution >= 4 is 11.8 Å². The lowest BCUT2D eigenvalue weighted by atomic mass is 9.89. The molecule has 4 heterocycles. The number of aryl methyl sites for hydroxylation is 2. The number of nitrogens with one attached hydrogen (secondary N) is 2. The molecule has 3 aliphatic heterocycles. The molecule has 0 spiro atoms. The van der Waals surface area contributed by atoms with Crippen molar-refractivity contribution in [1.29, 1.82) is 0 Å². The van der Waals surface area contributed by atoms with Crippen LogP contribution >= 0.6 is 0 Å². The van der Waals surface area contributed by atoms with Crippen LogP contribution in [0.3, 0.4) is 0 Å². The van der Waals surface area contributed by atoms with Gasteiger partial charge in [0.2, 0.25) is 5.91 Å². The smallest absolute Gasteiger partial charge is 0.255 e. The van der Waals surface area contributed by atoms with Crippen LogP contribution in [0.25, 0.3) is 0 Å². The van der Waals surface area contributed by atoms with Crippen molar-refractivity contribution in [3.05, 3.63) is 23.2 Å². The molecule has 3 fully saturated rings. The summed E-state index contributed by atoms with van der Waals surface area (Å²) in [6.45, 7) is 5.15. The number of hydrogen-bond donors (Lipinski definition) is 2. The molecule has 3 saturated heterocycles. The van der Waals surface area contributed by atoms with Gasteiger partial charge in [-0.05, 0) is 64.4 Å². The van der Waals surface area contributed by atoms with Gasteiger partial charge < -0.3 is 20.0 Å². The topological polar surface area (TPSA) is 74.6 Å². The molecular formula is C21H31N3O3. The van der Waals surface area contributed by atoms with Crippen LogP contribution in [0.2, 0.25) is 0 Å². The Labute approximate surface area is 161 Å². The quantitative estimate of drug-likeness (QED) is 0.851. The highest BCUT2D eigenvalue weighted by Gasteiger charge is 2.35. The Morgan fingerprint density at radius 3 is 2.41 bits per heavy atom. The summed E-state index contributed by atoms with van der Waals surface area (Å²) in [5.74, 6) is 2.19. The van der Waals surface area contributed by atoms with Crippen molar-refractivity contribution in [3.8, 4) is 0 Å². The highest BCUT2D eigenvalue weighted by Crippen LogP contribution is 2.33. The van der Waals surface area contributed by atoms with Gasteiger partial charge >= 0.3 is 0 Å². The molecule has 1 aromatic heterocycles. The molecular weight excluding hydrogens is 342 g/mol. The van der Waals surface area contributed by atoms with Gasteiger partial charge in [0.1, 0.15) is 11.5 Å². The van der Waals surface area contributed by atoms with E-state index < -0.39 is 0 Å².